The Morgan fingerprint density at radius 3 is 2.58 bits per heavy atom. The zero-order chi connectivity index (χ0) is 17.8. The molecule has 1 radical (unpaired) electrons. The number of halogens is 1. The second-order valence-electron chi connectivity index (χ2n) is 7.28. The molecule has 2 atom stereocenters. The summed E-state index contributed by atoms with van der Waals surface area (Å²) in [6.07, 6.45) is 5.63. The summed E-state index contributed by atoms with van der Waals surface area (Å²) < 4.78 is 1.36. The van der Waals surface area contributed by atoms with Gasteiger partial charge in [0.2, 0.25) is 0 Å². The van der Waals surface area contributed by atoms with Gasteiger partial charge in [-0.1, -0.05) is 66.9 Å². The Kier molecular flexibility index (Phi) is 9.23. The van der Waals surface area contributed by atoms with E-state index in [1.165, 1.54) is 39.8 Å². The van der Waals surface area contributed by atoms with Crippen LogP contribution in [-0.2, 0) is 39.1 Å². The van der Waals surface area contributed by atoms with Crippen molar-refractivity contribution in [2.45, 2.75) is 52.1 Å². The van der Waals surface area contributed by atoms with E-state index in [-0.39, 0.29) is 44.7 Å². The monoisotopic (exact) mass is 506 g/mol. The average molecular weight is 507 g/mol. The van der Waals surface area contributed by atoms with Crippen molar-refractivity contribution in [2.24, 2.45) is 11.8 Å². The first-order valence-electron chi connectivity index (χ1n) is 9.18. The van der Waals surface area contributed by atoms with E-state index in [9.17, 15) is 5.11 Å². The summed E-state index contributed by atoms with van der Waals surface area (Å²) in [5, 5.41) is 13.4. The van der Waals surface area contributed by atoms with Crippen LogP contribution in [0.15, 0.2) is 40.9 Å². The molecule has 1 aromatic carbocycles. The predicted octanol–water partition coefficient (Wildman–Crippen LogP) is 6.77. The molecule has 0 saturated carbocycles. The summed E-state index contributed by atoms with van der Waals surface area (Å²) in [7, 11) is 0. The fourth-order valence-electron chi connectivity index (χ4n) is 3.65. The average Bonchev–Trinajstić information content (AvgIpc) is 3.24. The summed E-state index contributed by atoms with van der Waals surface area (Å²) in [5.41, 5.74) is 3.79. The Bertz CT molecular complexity index is 706. The molecule has 0 aliphatic heterocycles. The molecule has 1 nitrogen and oxygen atoms in total. The van der Waals surface area contributed by atoms with Gasteiger partial charge in [-0.15, -0.1) is 10.3 Å². The molecule has 1 unspecified atom stereocenters. The standard InChI is InChI=1S/C22H26BrOS.Y/c1-15(2)22(24)18-10-8-17(9-11-18)21-16(12-13-20(21)23)5-3-6-19-7-4-14-25-19;/h4,7-11,15-16,22,24H,3,5-6,12-13H2,1-2H3;/q-1;/t16-,22?;/m0./s1. The minimum absolute atomic E-state index is 0. The molecule has 1 aliphatic rings. The Labute approximate surface area is 195 Å². The zero-order valence-corrected chi connectivity index (χ0v) is 20.8. The first-order chi connectivity index (χ1) is 12.1. The number of hydrogen-bond acceptors (Lipinski definition) is 2. The number of hydrogen-bond donors (Lipinski definition) is 1. The minimum atomic E-state index is -0.381. The van der Waals surface area contributed by atoms with Crippen molar-refractivity contribution >= 4 is 32.8 Å². The Balaban J connectivity index is 0.00000243. The molecule has 1 aliphatic carbocycles. The van der Waals surface area contributed by atoms with E-state index in [0.29, 0.717) is 5.92 Å². The van der Waals surface area contributed by atoms with Gasteiger partial charge in [0, 0.05) is 32.7 Å². The summed E-state index contributed by atoms with van der Waals surface area (Å²) in [6.45, 7) is 4.10. The van der Waals surface area contributed by atoms with Crippen molar-refractivity contribution in [3.8, 4) is 0 Å². The molecule has 1 N–H and O–H groups in total. The molecule has 2 aromatic rings. The molecule has 0 amide bonds. The largest absolute Gasteiger partial charge is 0.388 e. The molecule has 1 heterocycles. The van der Waals surface area contributed by atoms with Crippen LogP contribution in [0.5, 0.6) is 0 Å². The number of thiophene rings is 1. The van der Waals surface area contributed by atoms with Crippen LogP contribution in [-0.4, -0.2) is 5.11 Å². The Morgan fingerprint density at radius 2 is 1.96 bits per heavy atom. The number of aryl methyl sites for hydroxylation is 1. The van der Waals surface area contributed by atoms with Gasteiger partial charge in [-0.3, -0.25) is 0 Å². The number of rotatable bonds is 7. The molecule has 1 aromatic heterocycles. The third kappa shape index (κ3) is 5.61. The van der Waals surface area contributed by atoms with Crippen molar-refractivity contribution in [3.05, 3.63) is 62.3 Å². The van der Waals surface area contributed by atoms with Crippen molar-refractivity contribution < 1.29 is 37.8 Å². The van der Waals surface area contributed by atoms with E-state index in [0.717, 1.165) is 18.4 Å². The van der Waals surface area contributed by atoms with Gasteiger partial charge >= 0.3 is 0 Å². The molecule has 0 fully saturated rings. The van der Waals surface area contributed by atoms with E-state index in [4.69, 9.17) is 0 Å². The minimum Gasteiger partial charge on any atom is -0.388 e. The maximum absolute atomic E-state index is 10.2. The van der Waals surface area contributed by atoms with Gasteiger partial charge in [-0.2, -0.15) is 6.07 Å². The van der Waals surface area contributed by atoms with Gasteiger partial charge in [-0.05, 0) is 52.3 Å². The second kappa shape index (κ2) is 10.7. The molecule has 26 heavy (non-hydrogen) atoms. The van der Waals surface area contributed by atoms with Crippen LogP contribution < -0.4 is 0 Å². The molecular formula is C22H26BrOSY-. The van der Waals surface area contributed by atoms with E-state index in [2.05, 4.69) is 65.5 Å². The third-order valence-corrected chi connectivity index (χ3v) is 6.79. The van der Waals surface area contributed by atoms with Crippen LogP contribution in [0.2, 0.25) is 0 Å². The maximum atomic E-state index is 10.2. The molecule has 0 spiro atoms. The summed E-state index contributed by atoms with van der Waals surface area (Å²) in [4.78, 5) is 1.44. The van der Waals surface area contributed by atoms with Crippen LogP contribution in [0.1, 0.15) is 61.6 Å². The Hall–Kier alpha value is 0.204. The first-order valence-corrected chi connectivity index (χ1v) is 10.8. The number of aliphatic hydroxyl groups is 1. The van der Waals surface area contributed by atoms with Crippen LogP contribution in [0.25, 0.3) is 5.57 Å². The van der Waals surface area contributed by atoms with E-state index in [1.54, 1.807) is 11.3 Å². The van der Waals surface area contributed by atoms with Gasteiger partial charge in [-0.25, -0.2) is 6.07 Å². The van der Waals surface area contributed by atoms with E-state index < -0.39 is 0 Å². The molecular weight excluding hydrogens is 481 g/mol. The quantitative estimate of drug-likeness (QED) is 0.410. The number of allylic oxidation sites excluding steroid dienone is 2. The third-order valence-electron chi connectivity index (χ3n) is 5.11. The second-order valence-corrected chi connectivity index (χ2v) is 9.20. The molecule has 0 bridgehead atoms. The van der Waals surface area contributed by atoms with Gasteiger partial charge in [0.25, 0.3) is 0 Å². The Morgan fingerprint density at radius 1 is 1.23 bits per heavy atom. The van der Waals surface area contributed by atoms with Crippen molar-refractivity contribution in [3.63, 3.8) is 0 Å². The summed E-state index contributed by atoms with van der Waals surface area (Å²) in [6, 6.07) is 12.7. The topological polar surface area (TPSA) is 20.2 Å². The van der Waals surface area contributed by atoms with Gasteiger partial charge in [0.05, 0.1) is 6.10 Å². The van der Waals surface area contributed by atoms with Crippen LogP contribution in [0, 0.1) is 17.2 Å². The first kappa shape index (κ1) is 22.5. The molecule has 137 valence electrons. The zero-order valence-electron chi connectivity index (χ0n) is 15.5. The fourth-order valence-corrected chi connectivity index (χ4v) is 5.11. The fraction of sp³-hybridized carbons (Fsp3) is 0.455. The van der Waals surface area contributed by atoms with E-state index >= 15 is 0 Å². The van der Waals surface area contributed by atoms with Crippen LogP contribution in [0.3, 0.4) is 0 Å². The summed E-state index contributed by atoms with van der Waals surface area (Å²) in [5.74, 6) is 0.879. The smallest absolute Gasteiger partial charge is 0.0812 e. The van der Waals surface area contributed by atoms with Gasteiger partial charge in [0.1, 0.15) is 0 Å². The number of aliphatic hydroxyl groups excluding tert-OH is 1. The molecule has 3 rings (SSSR count). The van der Waals surface area contributed by atoms with Gasteiger partial charge < -0.3 is 16.4 Å². The predicted molar refractivity (Wildman–Crippen MR) is 111 cm³/mol. The maximum Gasteiger partial charge on any atom is 0.0812 e. The molecule has 0 saturated heterocycles. The van der Waals surface area contributed by atoms with Crippen LogP contribution >= 0.6 is 27.3 Å². The van der Waals surface area contributed by atoms with Crippen molar-refractivity contribution in [1.82, 2.24) is 0 Å². The van der Waals surface area contributed by atoms with Crippen molar-refractivity contribution in [1.29, 1.82) is 0 Å². The summed E-state index contributed by atoms with van der Waals surface area (Å²) >= 11 is 5.55. The number of benzene rings is 1. The van der Waals surface area contributed by atoms with Crippen molar-refractivity contribution in [2.75, 3.05) is 0 Å². The normalized spacial score (nSPS) is 18.3. The SMILES string of the molecule is CC(C)C(O)c1ccc(C2=C(Br)CC[C@@H]2CCCc2cc[c-]s2)cc1.[Y]. The van der Waals surface area contributed by atoms with Gasteiger partial charge in [0.15, 0.2) is 0 Å². The molecule has 4 heteroatoms. The van der Waals surface area contributed by atoms with E-state index in [1.807, 2.05) is 6.07 Å². The van der Waals surface area contributed by atoms with Crippen LogP contribution in [0.4, 0.5) is 0 Å².